The second-order valence-corrected chi connectivity index (χ2v) is 5.28. The van der Waals surface area contributed by atoms with Crippen LogP contribution in [0.1, 0.15) is 12.0 Å². The topological polar surface area (TPSA) is 30.5 Å². The van der Waals surface area contributed by atoms with Crippen molar-refractivity contribution in [2.45, 2.75) is 13.0 Å². The van der Waals surface area contributed by atoms with Gasteiger partial charge in [0.2, 0.25) is 0 Å². The highest BCUT2D eigenvalue weighted by Crippen LogP contribution is 2.30. The highest BCUT2D eigenvalue weighted by atomic mass is 35.5. The summed E-state index contributed by atoms with van der Waals surface area (Å²) in [7, 11) is 0. The summed E-state index contributed by atoms with van der Waals surface area (Å²) < 4.78 is 24.5. The van der Waals surface area contributed by atoms with Crippen LogP contribution in [0.3, 0.4) is 0 Å². The van der Waals surface area contributed by atoms with Crippen molar-refractivity contribution in [2.24, 2.45) is 0 Å². The molecule has 21 heavy (non-hydrogen) atoms. The highest BCUT2D eigenvalue weighted by molar-refractivity contribution is 6.30. The van der Waals surface area contributed by atoms with Gasteiger partial charge in [-0.1, -0.05) is 17.7 Å². The van der Waals surface area contributed by atoms with E-state index < -0.39 is 0 Å². The van der Waals surface area contributed by atoms with Crippen LogP contribution in [0.2, 0.25) is 5.02 Å². The van der Waals surface area contributed by atoms with Gasteiger partial charge in [0, 0.05) is 23.7 Å². The molecule has 1 N–H and O–H groups in total. The Balaban J connectivity index is 1.71. The summed E-state index contributed by atoms with van der Waals surface area (Å²) in [4.78, 5) is 0. The molecule has 0 spiro atoms. The Kier molecular flexibility index (Phi) is 4.15. The molecule has 0 bridgehead atoms. The van der Waals surface area contributed by atoms with Crippen molar-refractivity contribution in [3.8, 4) is 11.5 Å². The fraction of sp³-hybridized carbons (Fsp3) is 0.250. The number of hydrogen-bond donors (Lipinski definition) is 1. The van der Waals surface area contributed by atoms with Crippen molar-refractivity contribution in [3.63, 3.8) is 0 Å². The smallest absolute Gasteiger partial charge is 0.161 e. The predicted octanol–water partition coefficient (Wildman–Crippen LogP) is 4.25. The van der Waals surface area contributed by atoms with Crippen molar-refractivity contribution in [2.75, 3.05) is 18.5 Å². The quantitative estimate of drug-likeness (QED) is 0.919. The fourth-order valence-corrected chi connectivity index (χ4v) is 2.40. The molecule has 2 aromatic carbocycles. The van der Waals surface area contributed by atoms with Gasteiger partial charge in [-0.15, -0.1) is 0 Å². The molecule has 0 fully saturated rings. The van der Waals surface area contributed by atoms with E-state index in [0.29, 0.717) is 30.5 Å². The minimum Gasteiger partial charge on any atom is -0.490 e. The van der Waals surface area contributed by atoms with Gasteiger partial charge in [0.1, 0.15) is 5.82 Å². The molecule has 1 aliphatic rings. The number of rotatable bonds is 3. The molecule has 1 aliphatic heterocycles. The second kappa shape index (κ2) is 6.22. The van der Waals surface area contributed by atoms with Crippen LogP contribution in [0.15, 0.2) is 36.4 Å². The number of nitrogens with one attached hydrogen (secondary N) is 1. The van der Waals surface area contributed by atoms with Crippen molar-refractivity contribution >= 4 is 17.3 Å². The molecule has 0 unspecified atom stereocenters. The zero-order valence-corrected chi connectivity index (χ0v) is 12.1. The van der Waals surface area contributed by atoms with Crippen LogP contribution in [0, 0.1) is 5.82 Å². The van der Waals surface area contributed by atoms with E-state index >= 15 is 0 Å². The number of benzene rings is 2. The van der Waals surface area contributed by atoms with Gasteiger partial charge in [0.25, 0.3) is 0 Å². The number of ether oxygens (including phenoxy) is 2. The first-order valence-electron chi connectivity index (χ1n) is 6.79. The third kappa shape index (κ3) is 3.58. The van der Waals surface area contributed by atoms with Crippen LogP contribution >= 0.6 is 11.6 Å². The maximum absolute atomic E-state index is 13.3. The molecule has 0 amide bonds. The molecule has 0 radical (unpaired) electrons. The lowest BCUT2D eigenvalue weighted by molar-refractivity contribution is 0.297. The van der Waals surface area contributed by atoms with Crippen LogP contribution in [0.25, 0.3) is 0 Å². The highest BCUT2D eigenvalue weighted by Gasteiger charge is 2.10. The molecule has 0 aromatic heterocycles. The fourth-order valence-electron chi connectivity index (χ4n) is 2.18. The van der Waals surface area contributed by atoms with Gasteiger partial charge >= 0.3 is 0 Å². The molecular weight excluding hydrogens is 293 g/mol. The third-order valence-corrected chi connectivity index (χ3v) is 3.39. The number of halogens is 2. The van der Waals surface area contributed by atoms with Crippen molar-refractivity contribution in [1.82, 2.24) is 0 Å². The maximum atomic E-state index is 13.3. The Labute approximate surface area is 127 Å². The first-order valence-corrected chi connectivity index (χ1v) is 7.17. The van der Waals surface area contributed by atoms with Crippen molar-refractivity contribution in [3.05, 3.63) is 52.8 Å². The zero-order valence-electron chi connectivity index (χ0n) is 11.4. The van der Waals surface area contributed by atoms with E-state index in [1.807, 2.05) is 18.2 Å². The van der Waals surface area contributed by atoms with E-state index in [2.05, 4.69) is 5.32 Å². The molecule has 3 rings (SSSR count). The summed E-state index contributed by atoms with van der Waals surface area (Å²) >= 11 is 5.83. The first-order chi connectivity index (χ1) is 10.2. The van der Waals surface area contributed by atoms with E-state index in [-0.39, 0.29) is 5.82 Å². The van der Waals surface area contributed by atoms with Gasteiger partial charge in [-0.25, -0.2) is 4.39 Å². The first kappa shape index (κ1) is 14.0. The van der Waals surface area contributed by atoms with Gasteiger partial charge in [0.05, 0.1) is 13.2 Å². The van der Waals surface area contributed by atoms with Gasteiger partial charge in [0.15, 0.2) is 11.5 Å². The van der Waals surface area contributed by atoms with Crippen molar-refractivity contribution in [1.29, 1.82) is 0 Å². The average Bonchev–Trinajstić information content (AvgIpc) is 2.68. The molecule has 3 nitrogen and oxygen atoms in total. The Morgan fingerprint density at radius 2 is 1.86 bits per heavy atom. The summed E-state index contributed by atoms with van der Waals surface area (Å²) in [6, 6.07) is 10.2. The van der Waals surface area contributed by atoms with Gasteiger partial charge in [-0.2, -0.15) is 0 Å². The van der Waals surface area contributed by atoms with E-state index in [9.17, 15) is 4.39 Å². The van der Waals surface area contributed by atoms with E-state index in [1.165, 1.54) is 12.1 Å². The van der Waals surface area contributed by atoms with Crippen LogP contribution < -0.4 is 14.8 Å². The molecular formula is C16H15ClFNO2. The molecule has 110 valence electrons. The SMILES string of the molecule is Fc1cc(Cl)cc(NCc2ccc3c(c2)OCCCO3)c1. The van der Waals surface area contributed by atoms with E-state index in [0.717, 1.165) is 23.5 Å². The summed E-state index contributed by atoms with van der Waals surface area (Å²) in [5, 5.41) is 3.52. The monoisotopic (exact) mass is 307 g/mol. The summed E-state index contributed by atoms with van der Waals surface area (Å²) in [6.07, 6.45) is 0.879. The Bertz CT molecular complexity index is 628. The molecule has 0 saturated carbocycles. The second-order valence-electron chi connectivity index (χ2n) is 4.84. The van der Waals surface area contributed by atoms with Crippen LogP contribution in [0.5, 0.6) is 11.5 Å². The predicted molar refractivity (Wildman–Crippen MR) is 80.8 cm³/mol. The van der Waals surface area contributed by atoms with Gasteiger partial charge in [-0.05, 0) is 35.9 Å². The summed E-state index contributed by atoms with van der Waals surface area (Å²) in [6.45, 7) is 1.88. The standard InChI is InChI=1S/C16H15ClFNO2/c17-12-7-13(18)9-14(8-12)19-10-11-2-3-15-16(6-11)21-5-1-4-20-15/h2-3,6-9,19H,1,4-5,10H2. The lowest BCUT2D eigenvalue weighted by atomic mass is 10.2. The van der Waals surface area contributed by atoms with Gasteiger partial charge < -0.3 is 14.8 Å². The molecule has 0 saturated heterocycles. The number of hydrogen-bond acceptors (Lipinski definition) is 3. The number of fused-ring (bicyclic) bond motifs is 1. The lowest BCUT2D eigenvalue weighted by Crippen LogP contribution is -2.01. The molecule has 2 aromatic rings. The average molecular weight is 308 g/mol. The van der Waals surface area contributed by atoms with Crippen LogP contribution in [-0.4, -0.2) is 13.2 Å². The molecule has 0 aliphatic carbocycles. The van der Waals surface area contributed by atoms with Crippen molar-refractivity contribution < 1.29 is 13.9 Å². The Morgan fingerprint density at radius 1 is 1.05 bits per heavy atom. The molecule has 5 heteroatoms. The number of anilines is 1. The van der Waals surface area contributed by atoms with E-state index in [1.54, 1.807) is 6.07 Å². The molecule has 1 heterocycles. The third-order valence-electron chi connectivity index (χ3n) is 3.17. The molecule has 0 atom stereocenters. The maximum Gasteiger partial charge on any atom is 0.161 e. The summed E-state index contributed by atoms with van der Waals surface area (Å²) in [5.41, 5.74) is 1.67. The van der Waals surface area contributed by atoms with Gasteiger partial charge in [-0.3, -0.25) is 0 Å². The van der Waals surface area contributed by atoms with Crippen LogP contribution in [0.4, 0.5) is 10.1 Å². The normalized spacial score (nSPS) is 13.6. The Hall–Kier alpha value is -1.94. The van der Waals surface area contributed by atoms with E-state index in [4.69, 9.17) is 21.1 Å². The zero-order chi connectivity index (χ0) is 14.7. The minimum atomic E-state index is -0.358. The minimum absolute atomic E-state index is 0.358. The van der Waals surface area contributed by atoms with Crippen LogP contribution in [-0.2, 0) is 6.54 Å². The summed E-state index contributed by atoms with van der Waals surface area (Å²) in [5.74, 6) is 1.16. The lowest BCUT2D eigenvalue weighted by Gasteiger charge is -2.11. The Morgan fingerprint density at radius 3 is 2.67 bits per heavy atom. The largest absolute Gasteiger partial charge is 0.490 e.